The summed E-state index contributed by atoms with van der Waals surface area (Å²) in [4.78, 5) is 4.22. The van der Waals surface area contributed by atoms with Gasteiger partial charge in [-0.3, -0.25) is 10.1 Å². The number of aromatic nitrogens is 3. The zero-order valence-corrected chi connectivity index (χ0v) is 5.70. The normalized spacial score (nSPS) is 13.1. The molecule has 11 heavy (non-hydrogen) atoms. The molecule has 0 radical (unpaired) electrons. The molecule has 2 aromatic rings. The van der Waals surface area contributed by atoms with Crippen LogP contribution in [0.1, 0.15) is 11.3 Å². The van der Waals surface area contributed by atoms with Gasteiger partial charge in [0.05, 0.1) is 17.4 Å². The second-order valence-corrected chi connectivity index (χ2v) is 2.59. The van der Waals surface area contributed by atoms with Crippen LogP contribution < -0.4 is 0 Å². The molecule has 0 saturated carbocycles. The van der Waals surface area contributed by atoms with Crippen LogP contribution in [0.15, 0.2) is 12.4 Å². The monoisotopic (exact) mass is 143 g/mol. The highest BCUT2D eigenvalue weighted by atomic mass is 15.1. The van der Waals surface area contributed by atoms with Gasteiger partial charge in [0.1, 0.15) is 0 Å². The van der Waals surface area contributed by atoms with E-state index in [0.717, 1.165) is 16.6 Å². The summed E-state index contributed by atoms with van der Waals surface area (Å²) in [6.45, 7) is 0. The van der Waals surface area contributed by atoms with Crippen molar-refractivity contribution in [3.8, 4) is 0 Å². The minimum Gasteiger partial charge on any atom is -0.277 e. The number of aromatic amines is 1. The maximum absolute atomic E-state index is 4.22. The predicted octanol–water partition coefficient (Wildman–Crippen LogP) is 1.44. The molecule has 0 fully saturated rings. The van der Waals surface area contributed by atoms with Gasteiger partial charge in [-0.05, 0) is 12.2 Å². The maximum atomic E-state index is 4.22. The van der Waals surface area contributed by atoms with E-state index in [-0.39, 0.29) is 0 Å². The largest absolute Gasteiger partial charge is 0.277 e. The standard InChI is InChI=1S/C8H5N3/c1-2-7-6(1)8-5(3-9-7)4-10-11-8/h1-4H,(H,10,11). The lowest BCUT2D eigenvalue weighted by molar-refractivity contribution is 1.12. The molecule has 3 heteroatoms. The highest BCUT2D eigenvalue weighted by molar-refractivity contribution is 5.98. The van der Waals surface area contributed by atoms with Crippen molar-refractivity contribution < 1.29 is 0 Å². The van der Waals surface area contributed by atoms with Crippen LogP contribution in [-0.4, -0.2) is 15.2 Å². The van der Waals surface area contributed by atoms with Crippen LogP contribution in [0.25, 0.3) is 23.1 Å². The first-order valence-corrected chi connectivity index (χ1v) is 3.45. The summed E-state index contributed by atoms with van der Waals surface area (Å²) in [5, 5.41) is 7.95. The Bertz CT molecular complexity index is 453. The minimum atomic E-state index is 1.06. The van der Waals surface area contributed by atoms with E-state index in [1.165, 1.54) is 5.56 Å². The second-order valence-electron chi connectivity index (χ2n) is 2.59. The van der Waals surface area contributed by atoms with Crippen molar-refractivity contribution in [1.82, 2.24) is 15.2 Å². The fourth-order valence-electron chi connectivity index (χ4n) is 1.31. The Labute approximate surface area is 62.8 Å². The second kappa shape index (κ2) is 1.50. The van der Waals surface area contributed by atoms with Gasteiger partial charge in [0, 0.05) is 17.1 Å². The zero-order valence-electron chi connectivity index (χ0n) is 5.70. The van der Waals surface area contributed by atoms with Gasteiger partial charge >= 0.3 is 0 Å². The van der Waals surface area contributed by atoms with Crippen molar-refractivity contribution in [1.29, 1.82) is 0 Å². The van der Waals surface area contributed by atoms with Crippen molar-refractivity contribution in [2.45, 2.75) is 0 Å². The molecule has 0 bridgehead atoms. The molecule has 0 aliphatic heterocycles. The maximum Gasteiger partial charge on any atom is 0.0759 e. The molecule has 0 spiro atoms. The van der Waals surface area contributed by atoms with Gasteiger partial charge in [-0.15, -0.1) is 0 Å². The average molecular weight is 143 g/mol. The van der Waals surface area contributed by atoms with Gasteiger partial charge < -0.3 is 0 Å². The zero-order chi connectivity index (χ0) is 7.26. The molecule has 2 heterocycles. The summed E-state index contributed by atoms with van der Waals surface area (Å²) >= 11 is 0. The highest BCUT2D eigenvalue weighted by Gasteiger charge is 2.11. The lowest BCUT2D eigenvalue weighted by Crippen LogP contribution is -1.94. The van der Waals surface area contributed by atoms with E-state index in [1.54, 1.807) is 6.20 Å². The molecule has 0 atom stereocenters. The number of nitrogens with one attached hydrogen (secondary N) is 1. The third-order valence-corrected chi connectivity index (χ3v) is 1.96. The molecule has 1 aliphatic carbocycles. The quantitative estimate of drug-likeness (QED) is 0.517. The number of nitrogens with zero attached hydrogens (tertiary/aromatic N) is 2. The van der Waals surface area contributed by atoms with E-state index in [2.05, 4.69) is 15.2 Å². The van der Waals surface area contributed by atoms with Gasteiger partial charge in [0.15, 0.2) is 0 Å². The summed E-state index contributed by atoms with van der Waals surface area (Å²) in [6, 6.07) is 0. The Morgan fingerprint density at radius 3 is 3.00 bits per heavy atom. The first-order chi connectivity index (χ1) is 5.45. The molecular weight excluding hydrogens is 138 g/mol. The number of rotatable bonds is 0. The molecule has 1 N–H and O–H groups in total. The summed E-state index contributed by atoms with van der Waals surface area (Å²) in [6.07, 6.45) is 7.66. The number of H-pyrrole nitrogens is 1. The topological polar surface area (TPSA) is 41.6 Å². The molecule has 3 rings (SSSR count). The molecule has 0 saturated heterocycles. The fraction of sp³-hybridized carbons (Fsp3) is 0. The third kappa shape index (κ3) is 0.487. The Kier molecular flexibility index (Phi) is 0.692. The van der Waals surface area contributed by atoms with E-state index in [0.29, 0.717) is 0 Å². The van der Waals surface area contributed by atoms with E-state index in [1.807, 2.05) is 18.3 Å². The molecule has 1 aliphatic rings. The third-order valence-electron chi connectivity index (χ3n) is 1.96. The first kappa shape index (κ1) is 5.07. The average Bonchev–Trinajstić information content (AvgIpc) is 2.34. The van der Waals surface area contributed by atoms with Crippen LogP contribution in [0.4, 0.5) is 0 Å². The minimum absolute atomic E-state index is 1.06. The van der Waals surface area contributed by atoms with Crippen molar-refractivity contribution in [3.63, 3.8) is 0 Å². The predicted molar refractivity (Wildman–Crippen MR) is 42.8 cm³/mol. The van der Waals surface area contributed by atoms with Crippen LogP contribution >= 0.6 is 0 Å². The van der Waals surface area contributed by atoms with Gasteiger partial charge in [-0.1, -0.05) is 0 Å². The van der Waals surface area contributed by atoms with Crippen LogP contribution in [0, 0.1) is 0 Å². The number of fused-ring (bicyclic) bond motifs is 3. The number of hydrogen-bond acceptors (Lipinski definition) is 2. The molecule has 3 nitrogen and oxygen atoms in total. The summed E-state index contributed by atoms with van der Waals surface area (Å²) in [5.74, 6) is 0. The van der Waals surface area contributed by atoms with Crippen molar-refractivity contribution in [3.05, 3.63) is 23.7 Å². The van der Waals surface area contributed by atoms with Crippen molar-refractivity contribution in [2.75, 3.05) is 0 Å². The number of pyridine rings is 1. The summed E-state index contributed by atoms with van der Waals surface area (Å²) < 4.78 is 0. The lowest BCUT2D eigenvalue weighted by Gasteiger charge is -2.07. The van der Waals surface area contributed by atoms with Crippen LogP contribution in [0.3, 0.4) is 0 Å². The smallest absolute Gasteiger partial charge is 0.0759 e. The molecular formula is C8H5N3. The molecule has 2 aromatic heterocycles. The van der Waals surface area contributed by atoms with Gasteiger partial charge in [-0.25, -0.2) is 0 Å². The molecule has 0 amide bonds. The van der Waals surface area contributed by atoms with Crippen LogP contribution in [0.5, 0.6) is 0 Å². The molecule has 0 unspecified atom stereocenters. The first-order valence-electron chi connectivity index (χ1n) is 3.45. The fourth-order valence-corrected chi connectivity index (χ4v) is 1.31. The SMILES string of the molecule is C1=Cc2c1ncc1cn[nH]c21. The van der Waals surface area contributed by atoms with Crippen molar-refractivity contribution >= 4 is 23.1 Å². The Morgan fingerprint density at radius 2 is 2.18 bits per heavy atom. The Morgan fingerprint density at radius 1 is 1.18 bits per heavy atom. The van der Waals surface area contributed by atoms with E-state index < -0.39 is 0 Å². The summed E-state index contributed by atoms with van der Waals surface area (Å²) in [7, 11) is 0. The van der Waals surface area contributed by atoms with Gasteiger partial charge in [0.2, 0.25) is 0 Å². The van der Waals surface area contributed by atoms with E-state index in [4.69, 9.17) is 0 Å². The van der Waals surface area contributed by atoms with Crippen LogP contribution in [-0.2, 0) is 0 Å². The van der Waals surface area contributed by atoms with E-state index >= 15 is 0 Å². The highest BCUT2D eigenvalue weighted by Crippen LogP contribution is 2.27. The Balaban J connectivity index is 2.58. The van der Waals surface area contributed by atoms with Crippen LogP contribution in [0.2, 0.25) is 0 Å². The molecule has 0 aromatic carbocycles. The lowest BCUT2D eigenvalue weighted by atomic mass is 10.0. The van der Waals surface area contributed by atoms with Gasteiger partial charge in [0.25, 0.3) is 0 Å². The Hall–Kier alpha value is -1.64. The van der Waals surface area contributed by atoms with E-state index in [9.17, 15) is 0 Å². The number of hydrogen-bond donors (Lipinski definition) is 1. The van der Waals surface area contributed by atoms with Crippen molar-refractivity contribution in [2.24, 2.45) is 0 Å². The van der Waals surface area contributed by atoms with Gasteiger partial charge in [-0.2, -0.15) is 5.10 Å². The molecule has 52 valence electrons. The summed E-state index contributed by atoms with van der Waals surface area (Å²) in [5.41, 5.74) is 3.33.